The summed E-state index contributed by atoms with van der Waals surface area (Å²) in [6, 6.07) is 0.192. The fourth-order valence-electron chi connectivity index (χ4n) is 1.52. The van der Waals surface area contributed by atoms with Gasteiger partial charge in [-0.15, -0.1) is 0 Å². The highest BCUT2D eigenvalue weighted by Gasteiger charge is 2.33. The second kappa shape index (κ2) is 3.79. The lowest BCUT2D eigenvalue weighted by Gasteiger charge is -2.22. The van der Waals surface area contributed by atoms with Crippen molar-refractivity contribution >= 4 is 10.0 Å². The summed E-state index contributed by atoms with van der Waals surface area (Å²) in [5, 5.41) is 0. The van der Waals surface area contributed by atoms with E-state index in [0.29, 0.717) is 0 Å². The molecule has 0 spiro atoms. The molecule has 14 heavy (non-hydrogen) atoms. The molecule has 1 saturated carbocycles. The fourth-order valence-corrected chi connectivity index (χ4v) is 2.53. The Morgan fingerprint density at radius 2 is 1.86 bits per heavy atom. The summed E-state index contributed by atoms with van der Waals surface area (Å²) in [6.07, 6.45) is 2.53. The molecule has 0 amide bonds. The number of nitrogens with two attached hydrogens (primary N) is 1. The van der Waals surface area contributed by atoms with Gasteiger partial charge in [-0.3, -0.25) is 0 Å². The van der Waals surface area contributed by atoms with E-state index in [4.69, 9.17) is 5.73 Å². The highest BCUT2D eigenvalue weighted by atomic mass is 32.2. The van der Waals surface area contributed by atoms with Gasteiger partial charge in [0.05, 0.1) is 4.75 Å². The van der Waals surface area contributed by atoms with Gasteiger partial charge < -0.3 is 5.73 Å². The van der Waals surface area contributed by atoms with Crippen LogP contribution in [0.15, 0.2) is 0 Å². The summed E-state index contributed by atoms with van der Waals surface area (Å²) in [7, 11) is -3.21. The van der Waals surface area contributed by atoms with Gasteiger partial charge >= 0.3 is 0 Å². The summed E-state index contributed by atoms with van der Waals surface area (Å²) in [6.45, 7) is 5.10. The van der Waals surface area contributed by atoms with Crippen molar-refractivity contribution in [1.82, 2.24) is 4.72 Å². The van der Waals surface area contributed by atoms with E-state index in [-0.39, 0.29) is 12.1 Å². The predicted octanol–water partition coefficient (Wildman–Crippen LogP) is 0.584. The van der Waals surface area contributed by atoms with E-state index < -0.39 is 14.8 Å². The summed E-state index contributed by atoms with van der Waals surface area (Å²) < 4.78 is 25.5. The Kier molecular flexibility index (Phi) is 3.23. The molecule has 2 atom stereocenters. The Morgan fingerprint density at radius 3 is 2.21 bits per heavy atom. The molecule has 0 bridgehead atoms. The lowest BCUT2D eigenvalue weighted by Crippen LogP contribution is -2.44. The fraction of sp³-hybridized carbons (Fsp3) is 1.00. The minimum Gasteiger partial charge on any atom is -0.328 e. The first-order valence-corrected chi connectivity index (χ1v) is 6.48. The molecule has 0 heterocycles. The molecule has 0 aromatic heterocycles. The number of hydrogen-bond donors (Lipinski definition) is 2. The van der Waals surface area contributed by atoms with E-state index in [1.165, 1.54) is 0 Å². The maximum atomic E-state index is 11.8. The molecule has 0 aromatic carbocycles. The van der Waals surface area contributed by atoms with Crippen molar-refractivity contribution in [3.05, 3.63) is 0 Å². The third kappa shape index (κ3) is 2.68. The van der Waals surface area contributed by atoms with Gasteiger partial charge in [-0.1, -0.05) is 0 Å². The molecule has 0 aromatic rings. The summed E-state index contributed by atoms with van der Waals surface area (Å²) >= 11 is 0. The van der Waals surface area contributed by atoms with Gasteiger partial charge in [0.1, 0.15) is 0 Å². The van der Waals surface area contributed by atoms with E-state index in [2.05, 4.69) is 4.72 Å². The van der Waals surface area contributed by atoms with Crippen LogP contribution in [-0.4, -0.2) is 25.2 Å². The summed E-state index contributed by atoms with van der Waals surface area (Å²) in [4.78, 5) is 0. The normalized spacial score (nSPS) is 29.4. The second-order valence-electron chi connectivity index (χ2n) is 5.00. The van der Waals surface area contributed by atoms with Crippen molar-refractivity contribution in [3.63, 3.8) is 0 Å². The maximum absolute atomic E-state index is 11.8. The molecule has 0 aliphatic heterocycles. The summed E-state index contributed by atoms with van der Waals surface area (Å²) in [5.74, 6) is 0. The first kappa shape index (κ1) is 11.9. The highest BCUT2D eigenvalue weighted by molar-refractivity contribution is 7.90. The van der Waals surface area contributed by atoms with Gasteiger partial charge in [0.25, 0.3) is 0 Å². The quantitative estimate of drug-likeness (QED) is 0.715. The van der Waals surface area contributed by atoms with E-state index in [0.717, 1.165) is 19.3 Å². The predicted molar refractivity (Wildman–Crippen MR) is 57.4 cm³/mol. The number of sulfonamides is 1. The van der Waals surface area contributed by atoms with Crippen molar-refractivity contribution in [2.75, 3.05) is 0 Å². The first-order valence-electron chi connectivity index (χ1n) is 5.00. The number of hydrogen-bond acceptors (Lipinski definition) is 3. The van der Waals surface area contributed by atoms with Crippen LogP contribution in [-0.2, 0) is 10.0 Å². The molecule has 1 aliphatic carbocycles. The SMILES string of the molecule is CC(C)(C)S(=O)(=O)NC1CCC(N)C1. The number of rotatable bonds is 2. The smallest absolute Gasteiger partial charge is 0.216 e. The third-order valence-corrected chi connectivity index (χ3v) is 4.86. The maximum Gasteiger partial charge on any atom is 0.216 e. The molecule has 3 N–H and O–H groups in total. The zero-order chi connectivity index (χ0) is 11.0. The molecule has 1 fully saturated rings. The molecule has 0 saturated heterocycles. The minimum atomic E-state index is -3.21. The Balaban J connectivity index is 2.61. The van der Waals surface area contributed by atoms with Crippen LogP contribution in [0.2, 0.25) is 0 Å². The summed E-state index contributed by atoms with van der Waals surface area (Å²) in [5.41, 5.74) is 5.72. The van der Waals surface area contributed by atoms with Crippen molar-refractivity contribution in [2.24, 2.45) is 5.73 Å². The van der Waals surface area contributed by atoms with Crippen LogP contribution in [0.4, 0.5) is 0 Å². The zero-order valence-electron chi connectivity index (χ0n) is 9.08. The molecular formula is C9H20N2O2S. The molecule has 4 nitrogen and oxygen atoms in total. The largest absolute Gasteiger partial charge is 0.328 e. The van der Waals surface area contributed by atoms with E-state index in [1.807, 2.05) is 0 Å². The van der Waals surface area contributed by atoms with E-state index >= 15 is 0 Å². The topological polar surface area (TPSA) is 72.2 Å². The Labute approximate surface area is 86.3 Å². The van der Waals surface area contributed by atoms with Crippen molar-refractivity contribution in [3.8, 4) is 0 Å². The molecule has 2 unspecified atom stereocenters. The van der Waals surface area contributed by atoms with Gasteiger partial charge in [0.2, 0.25) is 10.0 Å². The Bertz CT molecular complexity index is 292. The van der Waals surface area contributed by atoms with Crippen LogP contribution in [0.25, 0.3) is 0 Å². The van der Waals surface area contributed by atoms with Crippen LogP contribution in [0, 0.1) is 0 Å². The lowest BCUT2D eigenvalue weighted by molar-refractivity contribution is 0.519. The first-order chi connectivity index (χ1) is 6.22. The third-order valence-electron chi connectivity index (χ3n) is 2.60. The van der Waals surface area contributed by atoms with Crippen LogP contribution in [0.3, 0.4) is 0 Å². The van der Waals surface area contributed by atoms with Crippen LogP contribution in [0.1, 0.15) is 40.0 Å². The highest BCUT2D eigenvalue weighted by Crippen LogP contribution is 2.21. The zero-order valence-corrected chi connectivity index (χ0v) is 9.89. The van der Waals surface area contributed by atoms with Crippen LogP contribution < -0.4 is 10.5 Å². The van der Waals surface area contributed by atoms with Crippen LogP contribution >= 0.6 is 0 Å². The van der Waals surface area contributed by atoms with E-state index in [1.54, 1.807) is 20.8 Å². The Morgan fingerprint density at radius 1 is 1.29 bits per heavy atom. The average molecular weight is 220 g/mol. The molecule has 1 rings (SSSR count). The van der Waals surface area contributed by atoms with Gasteiger partial charge in [0.15, 0.2) is 0 Å². The second-order valence-corrected chi connectivity index (χ2v) is 7.47. The van der Waals surface area contributed by atoms with Crippen molar-refractivity contribution in [2.45, 2.75) is 56.9 Å². The van der Waals surface area contributed by atoms with Gasteiger partial charge in [-0.2, -0.15) is 0 Å². The lowest BCUT2D eigenvalue weighted by atomic mass is 10.2. The minimum absolute atomic E-state index is 0.0363. The van der Waals surface area contributed by atoms with Crippen LogP contribution in [0.5, 0.6) is 0 Å². The standard InChI is InChI=1S/C9H20N2O2S/c1-9(2,3)14(12,13)11-8-5-4-7(10)6-8/h7-8,11H,4-6,10H2,1-3H3. The van der Waals surface area contributed by atoms with Gasteiger partial charge in [-0.05, 0) is 40.0 Å². The number of nitrogens with one attached hydrogen (secondary N) is 1. The van der Waals surface area contributed by atoms with E-state index in [9.17, 15) is 8.42 Å². The molecular weight excluding hydrogens is 200 g/mol. The van der Waals surface area contributed by atoms with Crippen molar-refractivity contribution < 1.29 is 8.42 Å². The Hall–Kier alpha value is -0.130. The average Bonchev–Trinajstić information content (AvgIpc) is 2.31. The van der Waals surface area contributed by atoms with Gasteiger partial charge in [0, 0.05) is 12.1 Å². The molecule has 5 heteroatoms. The molecule has 1 aliphatic rings. The van der Waals surface area contributed by atoms with Gasteiger partial charge in [-0.25, -0.2) is 13.1 Å². The molecule has 0 radical (unpaired) electrons. The molecule has 84 valence electrons. The van der Waals surface area contributed by atoms with Crippen molar-refractivity contribution in [1.29, 1.82) is 0 Å². The monoisotopic (exact) mass is 220 g/mol.